The summed E-state index contributed by atoms with van der Waals surface area (Å²) in [5, 5.41) is 4.36. The summed E-state index contributed by atoms with van der Waals surface area (Å²) in [6, 6.07) is 3.93. The molecule has 3 nitrogen and oxygen atoms in total. The van der Waals surface area contributed by atoms with E-state index in [-0.39, 0.29) is 5.78 Å². The van der Waals surface area contributed by atoms with E-state index in [0.717, 1.165) is 27.2 Å². The second kappa shape index (κ2) is 5.36. The van der Waals surface area contributed by atoms with Crippen LogP contribution in [0.1, 0.15) is 32.9 Å². The van der Waals surface area contributed by atoms with Crippen LogP contribution in [0.4, 0.5) is 0 Å². The van der Waals surface area contributed by atoms with Gasteiger partial charge in [-0.05, 0) is 48.3 Å². The van der Waals surface area contributed by atoms with Crippen molar-refractivity contribution in [2.24, 2.45) is 0 Å². The number of carbonyl (C=O) groups excluding carboxylic acids is 1. The predicted octanol–water partition coefficient (Wildman–Crippen LogP) is 3.77. The lowest BCUT2D eigenvalue weighted by Gasteiger charge is -2.02. The molecule has 18 heavy (non-hydrogen) atoms. The maximum absolute atomic E-state index is 12.2. The zero-order chi connectivity index (χ0) is 13.3. The lowest BCUT2D eigenvalue weighted by Crippen LogP contribution is -2.11. The fraction of sp³-hybridized carbons (Fsp3) is 0.385. The monoisotopic (exact) mass is 326 g/mol. The van der Waals surface area contributed by atoms with Gasteiger partial charge in [0.05, 0.1) is 20.7 Å². The van der Waals surface area contributed by atoms with Gasteiger partial charge in [0, 0.05) is 4.88 Å². The summed E-state index contributed by atoms with van der Waals surface area (Å²) in [5.74, 6) is 0.123. The van der Waals surface area contributed by atoms with Crippen LogP contribution in [0, 0.1) is 13.8 Å². The molecule has 0 unspecified atom stereocenters. The summed E-state index contributed by atoms with van der Waals surface area (Å²) in [5.41, 5.74) is 1.91. The Morgan fingerprint density at radius 1 is 1.44 bits per heavy atom. The van der Waals surface area contributed by atoms with Gasteiger partial charge in [0.25, 0.3) is 0 Å². The molecule has 0 fully saturated rings. The highest BCUT2D eigenvalue weighted by atomic mass is 79.9. The number of rotatable bonds is 4. The average molecular weight is 327 g/mol. The molecule has 0 aromatic carbocycles. The maximum atomic E-state index is 12.2. The summed E-state index contributed by atoms with van der Waals surface area (Å²) in [6.45, 7) is 6.29. The van der Waals surface area contributed by atoms with Crippen LogP contribution in [0.3, 0.4) is 0 Å². The molecule has 0 radical (unpaired) electrons. The first-order chi connectivity index (χ1) is 8.52. The Kier molecular flexibility index (Phi) is 4.02. The number of hydrogen-bond donors (Lipinski definition) is 0. The van der Waals surface area contributed by atoms with Crippen LogP contribution in [-0.4, -0.2) is 15.6 Å². The van der Waals surface area contributed by atoms with Crippen LogP contribution in [0.15, 0.2) is 16.6 Å². The van der Waals surface area contributed by atoms with Crippen LogP contribution in [0.2, 0.25) is 0 Å². The van der Waals surface area contributed by atoms with E-state index in [4.69, 9.17) is 0 Å². The van der Waals surface area contributed by atoms with Crippen molar-refractivity contribution in [1.82, 2.24) is 9.78 Å². The number of aromatic nitrogens is 2. The van der Waals surface area contributed by atoms with Gasteiger partial charge >= 0.3 is 0 Å². The number of hydrogen-bond acceptors (Lipinski definition) is 3. The average Bonchev–Trinajstić information content (AvgIpc) is 2.92. The molecule has 0 saturated heterocycles. The lowest BCUT2D eigenvalue weighted by atomic mass is 10.3. The van der Waals surface area contributed by atoms with Crippen LogP contribution in [-0.2, 0) is 13.0 Å². The molecule has 5 heteroatoms. The molecule has 0 atom stereocenters. The van der Waals surface area contributed by atoms with E-state index in [0.29, 0.717) is 6.54 Å². The van der Waals surface area contributed by atoms with Gasteiger partial charge in [-0.3, -0.25) is 9.48 Å². The van der Waals surface area contributed by atoms with E-state index in [1.165, 1.54) is 4.88 Å². The fourth-order valence-electron chi connectivity index (χ4n) is 1.76. The second-order valence-corrected chi connectivity index (χ2v) is 6.15. The van der Waals surface area contributed by atoms with Crippen molar-refractivity contribution in [3.05, 3.63) is 37.7 Å². The molecule has 96 valence electrons. The molecular formula is C13H15BrN2OS. The summed E-state index contributed by atoms with van der Waals surface area (Å²) in [7, 11) is 0. The molecule has 0 aliphatic carbocycles. The number of carbonyl (C=O) groups is 1. The molecule has 0 spiro atoms. The molecule has 0 saturated carbocycles. The Hall–Kier alpha value is -0.940. The van der Waals surface area contributed by atoms with Gasteiger partial charge in [0.1, 0.15) is 6.54 Å². The molecule has 0 aliphatic heterocycles. The number of nitrogens with zero attached hydrogens (tertiary/aromatic N) is 2. The summed E-state index contributed by atoms with van der Waals surface area (Å²) >= 11 is 5.04. The quantitative estimate of drug-likeness (QED) is 0.801. The van der Waals surface area contributed by atoms with Crippen LogP contribution >= 0.6 is 27.3 Å². The van der Waals surface area contributed by atoms with Gasteiger partial charge < -0.3 is 0 Å². The van der Waals surface area contributed by atoms with Crippen LogP contribution in [0.5, 0.6) is 0 Å². The van der Waals surface area contributed by atoms with Gasteiger partial charge in [-0.2, -0.15) is 5.10 Å². The fourth-order valence-corrected chi connectivity index (χ4v) is 2.92. The third-order valence-electron chi connectivity index (χ3n) is 2.87. The van der Waals surface area contributed by atoms with Gasteiger partial charge in [-0.25, -0.2) is 0 Å². The summed E-state index contributed by atoms with van der Waals surface area (Å²) in [6.07, 6.45) is 0.976. The van der Waals surface area contributed by atoms with E-state index in [1.54, 1.807) is 16.0 Å². The maximum Gasteiger partial charge on any atom is 0.194 e. The normalized spacial score (nSPS) is 10.9. The van der Waals surface area contributed by atoms with Crippen molar-refractivity contribution in [1.29, 1.82) is 0 Å². The molecule has 0 bridgehead atoms. The molecule has 0 amide bonds. The Morgan fingerprint density at radius 3 is 2.67 bits per heavy atom. The van der Waals surface area contributed by atoms with Gasteiger partial charge in [0.15, 0.2) is 5.78 Å². The molecular weight excluding hydrogens is 312 g/mol. The molecule has 2 aromatic rings. The number of thiophene rings is 1. The Labute approximate surface area is 119 Å². The molecule has 2 rings (SSSR count). The smallest absolute Gasteiger partial charge is 0.194 e. The minimum Gasteiger partial charge on any atom is -0.291 e. The van der Waals surface area contributed by atoms with Crippen molar-refractivity contribution >= 4 is 33.0 Å². The zero-order valence-corrected chi connectivity index (χ0v) is 13.1. The first kappa shape index (κ1) is 13.5. The highest BCUT2D eigenvalue weighted by Crippen LogP contribution is 2.22. The second-order valence-electron chi connectivity index (χ2n) is 4.19. The number of ketones is 1. The van der Waals surface area contributed by atoms with E-state index in [1.807, 2.05) is 26.0 Å². The lowest BCUT2D eigenvalue weighted by molar-refractivity contribution is 0.0970. The number of Topliss-reactive ketones (excluding diaryl/α,β-unsaturated/α-hetero) is 1. The van der Waals surface area contributed by atoms with Gasteiger partial charge in [-0.1, -0.05) is 6.92 Å². The molecule has 0 N–H and O–H groups in total. The predicted molar refractivity (Wildman–Crippen MR) is 77.4 cm³/mol. The minimum absolute atomic E-state index is 0.123. The first-order valence-electron chi connectivity index (χ1n) is 5.84. The Morgan fingerprint density at radius 2 is 2.17 bits per heavy atom. The number of halogens is 1. The highest BCUT2D eigenvalue weighted by molar-refractivity contribution is 9.10. The van der Waals surface area contributed by atoms with E-state index in [9.17, 15) is 4.79 Å². The van der Waals surface area contributed by atoms with Crippen molar-refractivity contribution in [2.45, 2.75) is 33.7 Å². The third kappa shape index (κ3) is 2.57. The van der Waals surface area contributed by atoms with Crippen molar-refractivity contribution < 1.29 is 4.79 Å². The van der Waals surface area contributed by atoms with Crippen molar-refractivity contribution in [3.63, 3.8) is 0 Å². The topological polar surface area (TPSA) is 34.9 Å². The van der Waals surface area contributed by atoms with Crippen LogP contribution in [0.25, 0.3) is 0 Å². The Balaban J connectivity index is 2.18. The molecule has 2 aromatic heterocycles. The molecule has 2 heterocycles. The van der Waals surface area contributed by atoms with Crippen LogP contribution < -0.4 is 0 Å². The van der Waals surface area contributed by atoms with Crippen molar-refractivity contribution in [2.75, 3.05) is 0 Å². The first-order valence-corrected chi connectivity index (χ1v) is 7.45. The minimum atomic E-state index is 0.123. The van der Waals surface area contributed by atoms with E-state index in [2.05, 4.69) is 28.0 Å². The standard InChI is InChI=1S/C13H15BrN2OS/c1-4-10-5-6-12(18-10)11(17)7-16-9(3)13(14)8(2)15-16/h5-6H,4,7H2,1-3H3. The van der Waals surface area contributed by atoms with Gasteiger partial charge in [-0.15, -0.1) is 11.3 Å². The number of aryl methyl sites for hydroxylation is 2. The highest BCUT2D eigenvalue weighted by Gasteiger charge is 2.14. The van der Waals surface area contributed by atoms with E-state index >= 15 is 0 Å². The largest absolute Gasteiger partial charge is 0.291 e. The Bertz CT molecular complexity index is 586. The van der Waals surface area contributed by atoms with Gasteiger partial charge in [0.2, 0.25) is 0 Å². The van der Waals surface area contributed by atoms with Crippen molar-refractivity contribution in [3.8, 4) is 0 Å². The third-order valence-corrected chi connectivity index (χ3v) is 5.29. The van der Waals surface area contributed by atoms with E-state index < -0.39 is 0 Å². The SMILES string of the molecule is CCc1ccc(C(=O)Cn2nc(C)c(Br)c2C)s1. The zero-order valence-electron chi connectivity index (χ0n) is 10.7. The summed E-state index contributed by atoms with van der Waals surface area (Å²) in [4.78, 5) is 14.2. The molecule has 0 aliphatic rings. The summed E-state index contributed by atoms with van der Waals surface area (Å²) < 4.78 is 2.74.